The minimum absolute atomic E-state index is 0.734. The maximum atomic E-state index is 5.80. The molecule has 0 spiro atoms. The molecule has 1 aromatic carbocycles. The number of halogens is 2. The zero-order valence-electron chi connectivity index (χ0n) is 10.3. The highest BCUT2D eigenvalue weighted by atomic mass is 79.9. The Hall–Kier alpha value is -1.66. The molecule has 0 amide bonds. The number of pyridine rings is 1. The van der Waals surface area contributed by atoms with Crippen molar-refractivity contribution in [2.45, 2.75) is 0 Å². The van der Waals surface area contributed by atoms with E-state index in [1.54, 1.807) is 17.1 Å². The lowest BCUT2D eigenvalue weighted by molar-refractivity contribution is 0.841. The molecule has 0 aliphatic heterocycles. The predicted molar refractivity (Wildman–Crippen MR) is 86.6 cm³/mol. The summed E-state index contributed by atoms with van der Waals surface area (Å²) in [6, 6.07) is 9.65. The van der Waals surface area contributed by atoms with Gasteiger partial charge in [0.2, 0.25) is 0 Å². The van der Waals surface area contributed by atoms with Gasteiger partial charge in [-0.1, -0.05) is 12.1 Å². The highest BCUT2D eigenvalue weighted by Gasteiger charge is 2.08. The molecule has 0 fully saturated rings. The monoisotopic (exact) mass is 392 g/mol. The number of nitrogens with two attached hydrogens (primary N) is 1. The van der Waals surface area contributed by atoms with E-state index < -0.39 is 0 Å². The van der Waals surface area contributed by atoms with Crippen molar-refractivity contribution in [1.29, 1.82) is 0 Å². The Bertz CT molecular complexity index is 767. The van der Waals surface area contributed by atoms with Crippen molar-refractivity contribution in [2.24, 2.45) is 0 Å². The highest BCUT2D eigenvalue weighted by Crippen LogP contribution is 2.25. The SMILES string of the molecule is Nc1cccc(-c2cnn(-c3ncc(Br)cc3Br)c2)c1. The van der Waals surface area contributed by atoms with E-state index in [-0.39, 0.29) is 0 Å². The van der Waals surface area contributed by atoms with Crippen molar-refractivity contribution in [1.82, 2.24) is 14.8 Å². The van der Waals surface area contributed by atoms with Crippen molar-refractivity contribution in [3.63, 3.8) is 0 Å². The van der Waals surface area contributed by atoms with E-state index in [0.717, 1.165) is 31.6 Å². The summed E-state index contributed by atoms with van der Waals surface area (Å²) in [5, 5.41) is 4.35. The van der Waals surface area contributed by atoms with Gasteiger partial charge >= 0.3 is 0 Å². The minimum atomic E-state index is 0.734. The summed E-state index contributed by atoms with van der Waals surface area (Å²) < 4.78 is 3.51. The maximum absolute atomic E-state index is 5.80. The number of rotatable bonds is 2. The third-order valence-electron chi connectivity index (χ3n) is 2.81. The summed E-state index contributed by atoms with van der Waals surface area (Å²) in [5.74, 6) is 0.739. The van der Waals surface area contributed by atoms with Gasteiger partial charge in [-0.25, -0.2) is 9.67 Å². The van der Waals surface area contributed by atoms with E-state index in [4.69, 9.17) is 5.73 Å². The van der Waals surface area contributed by atoms with Crippen LogP contribution in [0.1, 0.15) is 0 Å². The molecule has 2 heterocycles. The van der Waals surface area contributed by atoms with Gasteiger partial charge in [-0.15, -0.1) is 0 Å². The summed E-state index contributed by atoms with van der Waals surface area (Å²) in [4.78, 5) is 4.35. The molecule has 6 heteroatoms. The van der Waals surface area contributed by atoms with Gasteiger partial charge in [0.25, 0.3) is 0 Å². The minimum Gasteiger partial charge on any atom is -0.399 e. The van der Waals surface area contributed by atoms with Crippen LogP contribution in [0.4, 0.5) is 5.69 Å². The fourth-order valence-corrected chi connectivity index (χ4v) is 3.05. The van der Waals surface area contributed by atoms with Gasteiger partial charge in [0.05, 0.1) is 10.7 Å². The number of benzene rings is 1. The first-order chi connectivity index (χ1) is 9.63. The van der Waals surface area contributed by atoms with E-state index in [1.165, 1.54) is 0 Å². The fourth-order valence-electron chi connectivity index (χ4n) is 1.88. The molecule has 0 bridgehead atoms. The lowest BCUT2D eigenvalue weighted by Crippen LogP contribution is -1.98. The number of hydrogen-bond donors (Lipinski definition) is 1. The van der Waals surface area contributed by atoms with Crippen molar-refractivity contribution in [2.75, 3.05) is 5.73 Å². The zero-order chi connectivity index (χ0) is 14.1. The lowest BCUT2D eigenvalue weighted by Gasteiger charge is -2.03. The Morgan fingerprint density at radius 2 is 1.90 bits per heavy atom. The van der Waals surface area contributed by atoms with Crippen LogP contribution in [-0.2, 0) is 0 Å². The molecular weight excluding hydrogens is 384 g/mol. The number of hydrogen-bond acceptors (Lipinski definition) is 3. The van der Waals surface area contributed by atoms with Gasteiger partial charge in [0.15, 0.2) is 5.82 Å². The Morgan fingerprint density at radius 1 is 1.05 bits per heavy atom. The molecule has 2 aromatic heterocycles. The van der Waals surface area contributed by atoms with Crippen molar-refractivity contribution >= 4 is 37.5 Å². The maximum Gasteiger partial charge on any atom is 0.167 e. The number of aromatic nitrogens is 3. The normalized spacial score (nSPS) is 10.7. The topological polar surface area (TPSA) is 56.7 Å². The summed E-state index contributed by atoms with van der Waals surface area (Å²) in [6.07, 6.45) is 5.46. The predicted octanol–water partition coefficient (Wildman–Crippen LogP) is 4.04. The Kier molecular flexibility index (Phi) is 3.58. The molecule has 4 nitrogen and oxygen atoms in total. The van der Waals surface area contributed by atoms with Crippen LogP contribution < -0.4 is 5.73 Å². The van der Waals surface area contributed by atoms with E-state index in [0.29, 0.717) is 0 Å². The van der Waals surface area contributed by atoms with Gasteiger partial charge in [0.1, 0.15) is 0 Å². The molecule has 0 saturated carbocycles. The molecule has 0 aliphatic carbocycles. The summed E-state index contributed by atoms with van der Waals surface area (Å²) in [6.45, 7) is 0. The third kappa shape index (κ3) is 2.62. The quantitative estimate of drug-likeness (QED) is 0.668. The van der Waals surface area contributed by atoms with Crippen LogP contribution in [0.3, 0.4) is 0 Å². The number of anilines is 1. The average Bonchev–Trinajstić information content (AvgIpc) is 2.88. The van der Waals surface area contributed by atoms with Gasteiger partial charge in [-0.3, -0.25) is 0 Å². The Balaban J connectivity index is 2.02. The first-order valence-electron chi connectivity index (χ1n) is 5.85. The Labute approximate surface area is 132 Å². The van der Waals surface area contributed by atoms with E-state index in [9.17, 15) is 0 Å². The molecule has 3 aromatic rings. The second-order valence-corrected chi connectivity index (χ2v) is 6.03. The van der Waals surface area contributed by atoms with Crippen molar-refractivity contribution < 1.29 is 0 Å². The van der Waals surface area contributed by atoms with Crippen LogP contribution in [0.25, 0.3) is 16.9 Å². The largest absolute Gasteiger partial charge is 0.399 e. The molecule has 0 radical (unpaired) electrons. The third-order valence-corrected chi connectivity index (χ3v) is 3.83. The van der Waals surface area contributed by atoms with Crippen LogP contribution in [0, 0.1) is 0 Å². The molecule has 3 rings (SSSR count). The van der Waals surface area contributed by atoms with Gasteiger partial charge in [0, 0.05) is 28.1 Å². The van der Waals surface area contributed by atoms with Crippen molar-refractivity contribution in [3.05, 3.63) is 57.9 Å². The van der Waals surface area contributed by atoms with E-state index >= 15 is 0 Å². The van der Waals surface area contributed by atoms with Crippen LogP contribution in [0.15, 0.2) is 57.9 Å². The summed E-state index contributed by atoms with van der Waals surface area (Å²) >= 11 is 6.87. The number of nitrogens with zero attached hydrogens (tertiary/aromatic N) is 3. The second kappa shape index (κ2) is 5.38. The molecule has 0 atom stereocenters. The van der Waals surface area contributed by atoms with E-state index in [2.05, 4.69) is 41.9 Å². The Morgan fingerprint density at radius 3 is 2.65 bits per heavy atom. The smallest absolute Gasteiger partial charge is 0.167 e. The molecular formula is C14H10Br2N4. The fraction of sp³-hybridized carbons (Fsp3) is 0. The average molecular weight is 394 g/mol. The van der Waals surface area contributed by atoms with Gasteiger partial charge in [-0.2, -0.15) is 5.10 Å². The van der Waals surface area contributed by atoms with Crippen LogP contribution in [-0.4, -0.2) is 14.8 Å². The second-order valence-electron chi connectivity index (χ2n) is 4.26. The van der Waals surface area contributed by atoms with Crippen LogP contribution in [0.5, 0.6) is 0 Å². The molecule has 100 valence electrons. The molecule has 0 aliphatic rings. The van der Waals surface area contributed by atoms with Crippen LogP contribution >= 0.6 is 31.9 Å². The molecule has 20 heavy (non-hydrogen) atoms. The lowest BCUT2D eigenvalue weighted by atomic mass is 10.1. The molecule has 0 unspecified atom stereocenters. The number of nitrogen functional groups attached to an aromatic ring is 1. The summed E-state index contributed by atoms with van der Waals surface area (Å²) in [5.41, 5.74) is 8.56. The zero-order valence-corrected chi connectivity index (χ0v) is 13.5. The van der Waals surface area contributed by atoms with E-state index in [1.807, 2.05) is 36.5 Å². The highest BCUT2D eigenvalue weighted by molar-refractivity contribution is 9.11. The first kappa shape index (κ1) is 13.3. The van der Waals surface area contributed by atoms with Crippen molar-refractivity contribution in [3.8, 4) is 16.9 Å². The molecule has 2 N–H and O–H groups in total. The van der Waals surface area contributed by atoms with Gasteiger partial charge in [-0.05, 0) is 55.6 Å². The standard InChI is InChI=1S/C14H10Br2N4/c15-11-5-13(16)14(18-7-11)20-8-10(6-19-20)9-2-1-3-12(17)4-9/h1-8H,17H2. The van der Waals surface area contributed by atoms with Crippen LogP contribution in [0.2, 0.25) is 0 Å². The van der Waals surface area contributed by atoms with Gasteiger partial charge < -0.3 is 5.73 Å². The molecule has 0 saturated heterocycles. The summed E-state index contributed by atoms with van der Waals surface area (Å²) in [7, 11) is 0. The first-order valence-corrected chi connectivity index (χ1v) is 7.44.